The lowest BCUT2D eigenvalue weighted by atomic mass is 10.0. The minimum absolute atomic E-state index is 0.0617. The van der Waals surface area contributed by atoms with Gasteiger partial charge in [-0.05, 0) is 36.6 Å². The summed E-state index contributed by atoms with van der Waals surface area (Å²) in [5.74, 6) is -0.690. The molecule has 172 valence electrons. The van der Waals surface area contributed by atoms with Crippen molar-refractivity contribution in [3.63, 3.8) is 0 Å². The fraction of sp³-hybridized carbons (Fsp3) is 0.333. The highest BCUT2D eigenvalue weighted by molar-refractivity contribution is 5.95. The summed E-state index contributed by atoms with van der Waals surface area (Å²) in [5.41, 5.74) is 2.01. The summed E-state index contributed by atoms with van der Waals surface area (Å²) in [6.45, 7) is 1.93. The molecule has 1 N–H and O–H groups in total. The van der Waals surface area contributed by atoms with Gasteiger partial charge in [0.1, 0.15) is 5.82 Å². The molecule has 8 nitrogen and oxygen atoms in total. The lowest BCUT2D eigenvalue weighted by molar-refractivity contribution is 0.0671. The Balaban J connectivity index is 1.41. The maximum atomic E-state index is 14.0. The molecule has 1 aliphatic rings. The lowest BCUT2D eigenvalue weighted by Crippen LogP contribution is -2.40. The van der Waals surface area contributed by atoms with Crippen molar-refractivity contribution in [3.05, 3.63) is 71.8 Å². The van der Waals surface area contributed by atoms with Crippen LogP contribution < -0.4 is 5.32 Å². The first kappa shape index (κ1) is 22.6. The van der Waals surface area contributed by atoms with Crippen LogP contribution in [0.4, 0.5) is 4.39 Å². The first-order valence-electron chi connectivity index (χ1n) is 10.9. The molecule has 3 aromatic rings. The number of nitrogens with zero attached hydrogens (tertiary/aromatic N) is 4. The van der Waals surface area contributed by atoms with Crippen molar-refractivity contribution in [1.29, 1.82) is 0 Å². The van der Waals surface area contributed by atoms with Crippen LogP contribution in [0.3, 0.4) is 0 Å². The minimum atomic E-state index is -0.308. The molecule has 2 aromatic carbocycles. The van der Waals surface area contributed by atoms with E-state index >= 15 is 0 Å². The van der Waals surface area contributed by atoms with Gasteiger partial charge in [0.2, 0.25) is 0 Å². The van der Waals surface area contributed by atoms with Gasteiger partial charge in [-0.25, -0.2) is 9.07 Å². The molecule has 0 aliphatic carbocycles. The minimum Gasteiger partial charge on any atom is -0.383 e. The predicted octanol–water partition coefficient (Wildman–Crippen LogP) is 2.94. The zero-order valence-electron chi connectivity index (χ0n) is 18.4. The van der Waals surface area contributed by atoms with E-state index in [0.29, 0.717) is 37.4 Å². The molecule has 1 aromatic heterocycles. The Morgan fingerprint density at radius 2 is 1.97 bits per heavy atom. The summed E-state index contributed by atoms with van der Waals surface area (Å²) < 4.78 is 20.6. The van der Waals surface area contributed by atoms with Crippen molar-refractivity contribution in [1.82, 2.24) is 25.2 Å². The largest absolute Gasteiger partial charge is 0.383 e. The normalized spacial score (nSPS) is 15.9. The van der Waals surface area contributed by atoms with E-state index in [-0.39, 0.29) is 29.4 Å². The van der Waals surface area contributed by atoms with Crippen LogP contribution in [0.15, 0.2) is 54.7 Å². The third kappa shape index (κ3) is 5.25. The van der Waals surface area contributed by atoms with E-state index in [2.05, 4.69) is 15.6 Å². The lowest BCUT2D eigenvalue weighted by Gasteiger charge is -2.32. The molecule has 1 saturated heterocycles. The van der Waals surface area contributed by atoms with Crippen molar-refractivity contribution in [2.75, 3.05) is 33.4 Å². The Morgan fingerprint density at radius 1 is 1.18 bits per heavy atom. The number of ether oxygens (including phenoxy) is 1. The summed E-state index contributed by atoms with van der Waals surface area (Å²) in [6.07, 6.45) is 3.27. The Bertz CT molecular complexity index is 1120. The van der Waals surface area contributed by atoms with E-state index in [1.165, 1.54) is 6.07 Å². The van der Waals surface area contributed by atoms with Gasteiger partial charge in [-0.1, -0.05) is 35.5 Å². The average Bonchev–Trinajstić information content (AvgIpc) is 3.35. The zero-order chi connectivity index (χ0) is 23.2. The molecule has 9 heteroatoms. The maximum absolute atomic E-state index is 14.0. The van der Waals surface area contributed by atoms with Crippen LogP contribution in [-0.4, -0.2) is 65.1 Å². The Kier molecular flexibility index (Phi) is 7.09. The van der Waals surface area contributed by atoms with Crippen LogP contribution in [0.25, 0.3) is 11.1 Å². The molecule has 1 fully saturated rings. The van der Waals surface area contributed by atoms with Crippen LogP contribution in [0.5, 0.6) is 0 Å². The smallest absolute Gasteiger partial charge is 0.273 e. The number of amides is 2. The van der Waals surface area contributed by atoms with Crippen LogP contribution in [0.1, 0.15) is 39.7 Å². The monoisotopic (exact) mass is 451 g/mol. The van der Waals surface area contributed by atoms with Crippen LogP contribution in [-0.2, 0) is 4.74 Å². The Morgan fingerprint density at radius 3 is 2.73 bits per heavy atom. The molecule has 0 spiro atoms. The van der Waals surface area contributed by atoms with Crippen molar-refractivity contribution >= 4 is 11.8 Å². The van der Waals surface area contributed by atoms with E-state index in [4.69, 9.17) is 4.74 Å². The van der Waals surface area contributed by atoms with Crippen molar-refractivity contribution in [2.24, 2.45) is 0 Å². The van der Waals surface area contributed by atoms with E-state index in [1.807, 2.05) is 0 Å². The number of methoxy groups -OCH3 is 1. The van der Waals surface area contributed by atoms with Gasteiger partial charge in [-0.2, -0.15) is 0 Å². The highest BCUT2D eigenvalue weighted by atomic mass is 19.1. The van der Waals surface area contributed by atoms with E-state index in [0.717, 1.165) is 18.4 Å². The van der Waals surface area contributed by atoms with Gasteiger partial charge < -0.3 is 15.0 Å². The van der Waals surface area contributed by atoms with Gasteiger partial charge in [0.15, 0.2) is 5.69 Å². The molecular weight excluding hydrogens is 425 g/mol. The number of hydrogen-bond donors (Lipinski definition) is 1. The quantitative estimate of drug-likeness (QED) is 0.558. The first-order valence-corrected chi connectivity index (χ1v) is 10.9. The van der Waals surface area contributed by atoms with Gasteiger partial charge in [-0.3, -0.25) is 9.59 Å². The van der Waals surface area contributed by atoms with Gasteiger partial charge >= 0.3 is 0 Å². The standard InChI is InChI=1S/C24H26FN5O3/c1-33-14-12-26-23(31)22-16-30(28-27-22)19-5-4-13-29(15-19)24(32)18-10-8-17(9-11-18)20-6-2-3-7-21(20)25/h2-3,6-11,16,19H,4-5,12-15H2,1H3,(H,26,31). The number of aromatic nitrogens is 3. The molecule has 33 heavy (non-hydrogen) atoms. The molecule has 1 atom stereocenters. The van der Waals surface area contributed by atoms with Gasteiger partial charge in [0.25, 0.3) is 11.8 Å². The highest BCUT2D eigenvalue weighted by Gasteiger charge is 2.27. The molecule has 0 bridgehead atoms. The second-order valence-corrected chi connectivity index (χ2v) is 7.94. The summed E-state index contributed by atoms with van der Waals surface area (Å²) in [4.78, 5) is 27.0. The fourth-order valence-electron chi connectivity index (χ4n) is 3.94. The van der Waals surface area contributed by atoms with Crippen molar-refractivity contribution in [3.8, 4) is 11.1 Å². The third-order valence-electron chi connectivity index (χ3n) is 5.71. The number of likely N-dealkylation sites (tertiary alicyclic amines) is 1. The Hall–Kier alpha value is -3.59. The molecule has 1 unspecified atom stereocenters. The van der Waals surface area contributed by atoms with Crippen LogP contribution >= 0.6 is 0 Å². The zero-order valence-corrected chi connectivity index (χ0v) is 18.4. The van der Waals surface area contributed by atoms with Gasteiger partial charge in [0.05, 0.1) is 18.8 Å². The third-order valence-corrected chi connectivity index (χ3v) is 5.71. The first-order chi connectivity index (χ1) is 16.1. The second kappa shape index (κ2) is 10.4. The summed E-state index contributed by atoms with van der Waals surface area (Å²) in [6, 6.07) is 13.5. The SMILES string of the molecule is COCCNC(=O)c1cn(C2CCCN(C(=O)c3ccc(-c4ccccc4F)cc3)C2)nn1. The maximum Gasteiger partial charge on any atom is 0.273 e. The van der Waals surface area contributed by atoms with Crippen LogP contribution in [0, 0.1) is 5.82 Å². The van der Waals surface area contributed by atoms with Gasteiger partial charge in [-0.15, -0.1) is 5.10 Å². The van der Waals surface area contributed by atoms with Crippen molar-refractivity contribution in [2.45, 2.75) is 18.9 Å². The van der Waals surface area contributed by atoms with Crippen molar-refractivity contribution < 1.29 is 18.7 Å². The number of carbonyl (C=O) groups excluding carboxylic acids is 2. The number of benzene rings is 2. The molecule has 2 heterocycles. The van der Waals surface area contributed by atoms with E-state index in [9.17, 15) is 14.0 Å². The number of carbonyl (C=O) groups is 2. The van der Waals surface area contributed by atoms with Gasteiger partial charge in [0, 0.05) is 37.9 Å². The number of hydrogen-bond acceptors (Lipinski definition) is 5. The molecule has 0 saturated carbocycles. The summed E-state index contributed by atoms with van der Waals surface area (Å²) in [7, 11) is 1.57. The predicted molar refractivity (Wildman–Crippen MR) is 120 cm³/mol. The number of rotatable bonds is 7. The summed E-state index contributed by atoms with van der Waals surface area (Å²) >= 11 is 0. The molecule has 2 amide bonds. The molecule has 4 rings (SSSR count). The molecular formula is C24H26FN5O3. The molecule has 1 aliphatic heterocycles. The fourth-order valence-corrected chi connectivity index (χ4v) is 3.94. The Labute approximate surface area is 191 Å². The highest BCUT2D eigenvalue weighted by Crippen LogP contribution is 2.25. The average molecular weight is 452 g/mol. The van der Waals surface area contributed by atoms with E-state index < -0.39 is 0 Å². The number of piperidine rings is 1. The summed E-state index contributed by atoms with van der Waals surface area (Å²) in [5, 5.41) is 10.8. The van der Waals surface area contributed by atoms with Crippen LogP contribution in [0.2, 0.25) is 0 Å². The topological polar surface area (TPSA) is 89.4 Å². The molecule has 0 radical (unpaired) electrons. The van der Waals surface area contributed by atoms with E-state index in [1.54, 1.807) is 65.4 Å². The number of halogens is 1. The number of nitrogens with one attached hydrogen (secondary N) is 1. The second-order valence-electron chi connectivity index (χ2n) is 7.94.